The molecule has 3 rings (SSSR count). The Kier molecular flexibility index (Phi) is 4.17. The van der Waals surface area contributed by atoms with Gasteiger partial charge in [-0.05, 0) is 35.7 Å². The van der Waals surface area contributed by atoms with Crippen LogP contribution in [0.15, 0.2) is 46.9 Å². The topological polar surface area (TPSA) is 32.3 Å². The summed E-state index contributed by atoms with van der Waals surface area (Å²) in [7, 11) is 0. The van der Waals surface area contributed by atoms with Crippen LogP contribution >= 0.6 is 27.5 Å². The van der Waals surface area contributed by atoms with Crippen molar-refractivity contribution in [2.24, 2.45) is 0 Å². The smallest absolute Gasteiger partial charge is 0.320 e. The van der Waals surface area contributed by atoms with E-state index in [1.165, 1.54) is 11.1 Å². The average Bonchev–Trinajstić information content (AvgIpc) is 2.49. The van der Waals surface area contributed by atoms with Gasteiger partial charge in [-0.3, -0.25) is 0 Å². The number of urea groups is 1. The molecule has 21 heavy (non-hydrogen) atoms. The molecule has 0 radical (unpaired) electrons. The van der Waals surface area contributed by atoms with Crippen LogP contribution in [0.25, 0.3) is 0 Å². The normalized spacial score (nSPS) is 13.7. The van der Waals surface area contributed by atoms with Crippen LogP contribution in [-0.4, -0.2) is 17.5 Å². The molecule has 2 aromatic carbocycles. The molecule has 0 aromatic heterocycles. The van der Waals surface area contributed by atoms with Gasteiger partial charge in [0.05, 0.1) is 10.7 Å². The van der Waals surface area contributed by atoms with Crippen LogP contribution in [0.2, 0.25) is 5.02 Å². The molecule has 0 saturated heterocycles. The minimum Gasteiger partial charge on any atom is -0.320 e. The Bertz CT molecular complexity index is 690. The maximum atomic E-state index is 12.4. The first-order valence-electron chi connectivity index (χ1n) is 6.71. The summed E-state index contributed by atoms with van der Waals surface area (Å²) in [5.74, 6) is 0. The van der Waals surface area contributed by atoms with Gasteiger partial charge in [0.1, 0.15) is 0 Å². The Morgan fingerprint density at radius 1 is 1.19 bits per heavy atom. The van der Waals surface area contributed by atoms with E-state index in [1.807, 2.05) is 18.2 Å². The number of carbonyl (C=O) groups is 1. The lowest BCUT2D eigenvalue weighted by atomic mass is 10.0. The molecule has 0 atom stereocenters. The summed E-state index contributed by atoms with van der Waals surface area (Å²) in [5.41, 5.74) is 3.16. The number of amides is 2. The third-order valence-corrected chi connectivity index (χ3v) is 4.40. The van der Waals surface area contributed by atoms with Crippen LogP contribution in [0, 0.1) is 0 Å². The van der Waals surface area contributed by atoms with Crippen molar-refractivity contribution in [3.63, 3.8) is 0 Å². The minimum atomic E-state index is -0.117. The highest BCUT2D eigenvalue weighted by molar-refractivity contribution is 9.10. The molecule has 0 spiro atoms. The van der Waals surface area contributed by atoms with E-state index in [4.69, 9.17) is 11.6 Å². The van der Waals surface area contributed by atoms with Gasteiger partial charge in [-0.25, -0.2) is 4.79 Å². The molecule has 1 heterocycles. The SMILES string of the molecule is O=C(Nc1ccc(Br)cc1Cl)N1CCc2ccccc2C1. The Morgan fingerprint density at radius 3 is 2.71 bits per heavy atom. The van der Waals surface area contributed by atoms with Crippen LogP contribution < -0.4 is 5.32 Å². The van der Waals surface area contributed by atoms with Gasteiger partial charge in [0.15, 0.2) is 0 Å². The van der Waals surface area contributed by atoms with E-state index in [9.17, 15) is 4.79 Å². The predicted molar refractivity (Wildman–Crippen MR) is 88.7 cm³/mol. The minimum absolute atomic E-state index is 0.117. The number of nitrogens with zero attached hydrogens (tertiary/aromatic N) is 1. The van der Waals surface area contributed by atoms with Crippen molar-refractivity contribution in [3.05, 3.63) is 63.1 Å². The zero-order valence-electron chi connectivity index (χ0n) is 11.3. The molecule has 2 aromatic rings. The first kappa shape index (κ1) is 14.4. The average molecular weight is 366 g/mol. The van der Waals surface area contributed by atoms with Gasteiger partial charge in [0, 0.05) is 17.6 Å². The summed E-state index contributed by atoms with van der Waals surface area (Å²) in [6.07, 6.45) is 0.887. The molecule has 0 aliphatic carbocycles. The second kappa shape index (κ2) is 6.08. The van der Waals surface area contributed by atoms with E-state index in [0.29, 0.717) is 17.3 Å². The van der Waals surface area contributed by atoms with Crippen LogP contribution in [0.5, 0.6) is 0 Å². The number of anilines is 1. The van der Waals surface area contributed by atoms with E-state index in [0.717, 1.165) is 17.4 Å². The fraction of sp³-hybridized carbons (Fsp3) is 0.188. The first-order chi connectivity index (χ1) is 10.1. The number of hydrogen-bond acceptors (Lipinski definition) is 1. The largest absolute Gasteiger partial charge is 0.322 e. The summed E-state index contributed by atoms with van der Waals surface area (Å²) in [5, 5.41) is 3.40. The number of halogens is 2. The number of nitrogens with one attached hydrogen (secondary N) is 1. The monoisotopic (exact) mass is 364 g/mol. The molecular formula is C16H14BrClN2O. The highest BCUT2D eigenvalue weighted by atomic mass is 79.9. The zero-order chi connectivity index (χ0) is 14.8. The van der Waals surface area contributed by atoms with Crippen molar-refractivity contribution in [3.8, 4) is 0 Å². The molecule has 1 aliphatic rings. The Morgan fingerprint density at radius 2 is 1.95 bits per heavy atom. The Hall–Kier alpha value is -1.52. The van der Waals surface area contributed by atoms with Crippen molar-refractivity contribution in [2.45, 2.75) is 13.0 Å². The fourth-order valence-corrected chi connectivity index (χ4v) is 3.17. The molecule has 0 fully saturated rings. The molecule has 0 bridgehead atoms. The first-order valence-corrected chi connectivity index (χ1v) is 7.88. The molecule has 108 valence electrons. The molecule has 0 saturated carbocycles. The lowest BCUT2D eigenvalue weighted by Crippen LogP contribution is -2.38. The predicted octanol–water partition coefficient (Wildman–Crippen LogP) is 4.69. The van der Waals surface area contributed by atoms with E-state index >= 15 is 0 Å². The van der Waals surface area contributed by atoms with Gasteiger partial charge in [0.25, 0.3) is 0 Å². The number of fused-ring (bicyclic) bond motifs is 1. The number of rotatable bonds is 1. The van der Waals surface area contributed by atoms with Crippen molar-refractivity contribution in [2.75, 3.05) is 11.9 Å². The van der Waals surface area contributed by atoms with Gasteiger partial charge in [-0.15, -0.1) is 0 Å². The summed E-state index contributed by atoms with van der Waals surface area (Å²) >= 11 is 9.48. The van der Waals surface area contributed by atoms with E-state index < -0.39 is 0 Å². The van der Waals surface area contributed by atoms with Crippen LogP contribution in [-0.2, 0) is 13.0 Å². The van der Waals surface area contributed by atoms with Gasteiger partial charge >= 0.3 is 6.03 Å². The molecule has 0 unspecified atom stereocenters. The van der Waals surface area contributed by atoms with Crippen molar-refractivity contribution in [1.29, 1.82) is 0 Å². The van der Waals surface area contributed by atoms with E-state index in [2.05, 4.69) is 33.4 Å². The highest BCUT2D eigenvalue weighted by Crippen LogP contribution is 2.26. The highest BCUT2D eigenvalue weighted by Gasteiger charge is 2.20. The summed E-state index contributed by atoms with van der Waals surface area (Å²) in [6, 6.07) is 13.5. The van der Waals surface area contributed by atoms with Crippen molar-refractivity contribution in [1.82, 2.24) is 4.90 Å². The van der Waals surface area contributed by atoms with Gasteiger partial charge < -0.3 is 10.2 Å². The van der Waals surface area contributed by atoms with Crippen molar-refractivity contribution >= 4 is 39.2 Å². The summed E-state index contributed by atoms with van der Waals surface area (Å²) < 4.78 is 0.886. The Balaban J connectivity index is 1.72. The van der Waals surface area contributed by atoms with Gasteiger partial charge in [-0.2, -0.15) is 0 Å². The maximum absolute atomic E-state index is 12.4. The van der Waals surface area contributed by atoms with Crippen molar-refractivity contribution < 1.29 is 4.79 Å². The zero-order valence-corrected chi connectivity index (χ0v) is 13.6. The van der Waals surface area contributed by atoms with E-state index in [1.54, 1.807) is 17.0 Å². The second-order valence-electron chi connectivity index (χ2n) is 4.99. The second-order valence-corrected chi connectivity index (χ2v) is 6.32. The third-order valence-electron chi connectivity index (χ3n) is 3.59. The lowest BCUT2D eigenvalue weighted by Gasteiger charge is -2.29. The van der Waals surface area contributed by atoms with Crippen LogP contribution in [0.3, 0.4) is 0 Å². The quantitative estimate of drug-likeness (QED) is 0.781. The standard InChI is InChI=1S/C16H14BrClN2O/c17-13-5-6-15(14(18)9-13)19-16(21)20-8-7-11-3-1-2-4-12(11)10-20/h1-6,9H,7-8,10H2,(H,19,21). The lowest BCUT2D eigenvalue weighted by molar-refractivity contribution is 0.206. The number of hydrogen-bond donors (Lipinski definition) is 1. The van der Waals surface area contributed by atoms with Crippen LogP contribution in [0.1, 0.15) is 11.1 Å². The third kappa shape index (κ3) is 3.22. The summed E-state index contributed by atoms with van der Waals surface area (Å²) in [6.45, 7) is 1.35. The van der Waals surface area contributed by atoms with Crippen LogP contribution in [0.4, 0.5) is 10.5 Å². The Labute approximate surface area is 137 Å². The fourth-order valence-electron chi connectivity index (χ4n) is 2.45. The molecule has 1 N–H and O–H groups in total. The molecular weight excluding hydrogens is 352 g/mol. The summed E-state index contributed by atoms with van der Waals surface area (Å²) in [4.78, 5) is 14.2. The molecule has 1 aliphatic heterocycles. The van der Waals surface area contributed by atoms with Gasteiger partial charge in [0.2, 0.25) is 0 Å². The molecule has 5 heteroatoms. The maximum Gasteiger partial charge on any atom is 0.322 e. The molecule has 3 nitrogen and oxygen atoms in total. The number of benzene rings is 2. The number of carbonyl (C=O) groups excluding carboxylic acids is 1. The van der Waals surface area contributed by atoms with Gasteiger partial charge in [-0.1, -0.05) is 51.8 Å². The van der Waals surface area contributed by atoms with E-state index in [-0.39, 0.29) is 6.03 Å². The molecule has 2 amide bonds.